The molecule has 0 saturated heterocycles. The second-order valence-corrected chi connectivity index (χ2v) is 4.70. The summed E-state index contributed by atoms with van der Waals surface area (Å²) in [6.45, 7) is 8.23. The van der Waals surface area contributed by atoms with Gasteiger partial charge in [-0.25, -0.2) is 0 Å². The molecular formula is C15H24O. The van der Waals surface area contributed by atoms with Crippen LogP contribution in [0.25, 0.3) is 0 Å². The molecular weight excluding hydrogens is 196 g/mol. The van der Waals surface area contributed by atoms with Crippen LogP contribution in [-0.2, 0) is 17.6 Å². The molecule has 0 heterocycles. The second kappa shape index (κ2) is 7.45. The lowest BCUT2D eigenvalue weighted by Crippen LogP contribution is -1.98. The van der Waals surface area contributed by atoms with E-state index in [-0.39, 0.29) is 0 Å². The third-order valence-electron chi connectivity index (χ3n) is 2.77. The summed E-state index contributed by atoms with van der Waals surface area (Å²) in [5.41, 5.74) is 2.83. The first-order valence-electron chi connectivity index (χ1n) is 6.38. The van der Waals surface area contributed by atoms with Crippen molar-refractivity contribution in [1.29, 1.82) is 0 Å². The maximum Gasteiger partial charge on any atom is 0.0506 e. The highest BCUT2D eigenvalue weighted by molar-refractivity contribution is 5.22. The molecule has 90 valence electrons. The van der Waals surface area contributed by atoms with Gasteiger partial charge in [-0.05, 0) is 43.2 Å². The van der Waals surface area contributed by atoms with E-state index < -0.39 is 0 Å². The van der Waals surface area contributed by atoms with Crippen molar-refractivity contribution in [3.8, 4) is 0 Å². The van der Waals surface area contributed by atoms with Crippen LogP contribution in [0, 0.1) is 5.92 Å². The quantitative estimate of drug-likeness (QED) is 0.634. The molecule has 1 aromatic carbocycles. The third kappa shape index (κ3) is 5.32. The SMILES string of the molecule is CCOCCc1ccc(CCC(C)C)cc1. The lowest BCUT2D eigenvalue weighted by molar-refractivity contribution is 0.151. The molecule has 0 saturated carbocycles. The Hall–Kier alpha value is -0.820. The predicted molar refractivity (Wildman–Crippen MR) is 69.8 cm³/mol. The van der Waals surface area contributed by atoms with E-state index in [1.807, 2.05) is 6.92 Å². The molecule has 0 bridgehead atoms. The molecule has 0 N–H and O–H groups in total. The largest absolute Gasteiger partial charge is 0.381 e. The lowest BCUT2D eigenvalue weighted by Gasteiger charge is -2.06. The second-order valence-electron chi connectivity index (χ2n) is 4.70. The minimum Gasteiger partial charge on any atom is -0.381 e. The van der Waals surface area contributed by atoms with Gasteiger partial charge in [0.1, 0.15) is 0 Å². The summed E-state index contributed by atoms with van der Waals surface area (Å²) in [7, 11) is 0. The first-order valence-corrected chi connectivity index (χ1v) is 6.38. The fourth-order valence-electron chi connectivity index (χ4n) is 1.66. The predicted octanol–water partition coefficient (Wildman–Crippen LogP) is 3.85. The molecule has 0 aliphatic heterocycles. The van der Waals surface area contributed by atoms with E-state index >= 15 is 0 Å². The van der Waals surface area contributed by atoms with Crippen molar-refractivity contribution in [2.75, 3.05) is 13.2 Å². The van der Waals surface area contributed by atoms with Gasteiger partial charge in [-0.1, -0.05) is 38.1 Å². The van der Waals surface area contributed by atoms with E-state index in [2.05, 4.69) is 38.1 Å². The summed E-state index contributed by atoms with van der Waals surface area (Å²) in [6.07, 6.45) is 3.50. The van der Waals surface area contributed by atoms with Crippen molar-refractivity contribution in [2.24, 2.45) is 5.92 Å². The molecule has 0 unspecified atom stereocenters. The van der Waals surface area contributed by atoms with E-state index in [4.69, 9.17) is 4.74 Å². The van der Waals surface area contributed by atoms with Gasteiger partial charge in [-0.15, -0.1) is 0 Å². The van der Waals surface area contributed by atoms with Crippen LogP contribution in [0.15, 0.2) is 24.3 Å². The van der Waals surface area contributed by atoms with Gasteiger partial charge in [0, 0.05) is 6.61 Å². The molecule has 0 aromatic heterocycles. The number of rotatable bonds is 7. The van der Waals surface area contributed by atoms with Gasteiger partial charge >= 0.3 is 0 Å². The van der Waals surface area contributed by atoms with Gasteiger partial charge in [-0.2, -0.15) is 0 Å². The minimum absolute atomic E-state index is 0.789. The molecule has 1 aromatic rings. The molecule has 1 rings (SSSR count). The van der Waals surface area contributed by atoms with Crippen LogP contribution in [0.4, 0.5) is 0 Å². The van der Waals surface area contributed by atoms with Crippen LogP contribution in [0.1, 0.15) is 38.3 Å². The highest BCUT2D eigenvalue weighted by Gasteiger charge is 1.98. The Balaban J connectivity index is 2.35. The zero-order chi connectivity index (χ0) is 11.8. The third-order valence-corrected chi connectivity index (χ3v) is 2.77. The first-order chi connectivity index (χ1) is 7.72. The van der Waals surface area contributed by atoms with Crippen LogP contribution in [-0.4, -0.2) is 13.2 Å². The Kier molecular flexibility index (Phi) is 6.17. The van der Waals surface area contributed by atoms with Crippen molar-refractivity contribution < 1.29 is 4.74 Å². The Bertz CT molecular complexity index is 274. The molecule has 0 aliphatic carbocycles. The van der Waals surface area contributed by atoms with Crippen LogP contribution in [0.3, 0.4) is 0 Å². The van der Waals surface area contributed by atoms with Gasteiger partial charge in [0.2, 0.25) is 0 Å². The number of benzene rings is 1. The fourth-order valence-corrected chi connectivity index (χ4v) is 1.66. The van der Waals surface area contributed by atoms with Crippen LogP contribution in [0.5, 0.6) is 0 Å². The zero-order valence-corrected chi connectivity index (χ0v) is 10.8. The fraction of sp³-hybridized carbons (Fsp3) is 0.600. The Labute approximate surface area is 99.8 Å². The van der Waals surface area contributed by atoms with Gasteiger partial charge in [0.05, 0.1) is 6.61 Å². The lowest BCUT2D eigenvalue weighted by atomic mass is 10.0. The van der Waals surface area contributed by atoms with Gasteiger partial charge in [0.15, 0.2) is 0 Å². The van der Waals surface area contributed by atoms with Crippen molar-refractivity contribution in [2.45, 2.75) is 40.0 Å². The number of hydrogen-bond donors (Lipinski definition) is 0. The highest BCUT2D eigenvalue weighted by Crippen LogP contribution is 2.10. The van der Waals surface area contributed by atoms with E-state index in [0.717, 1.165) is 25.6 Å². The zero-order valence-electron chi connectivity index (χ0n) is 10.8. The summed E-state index contributed by atoms with van der Waals surface area (Å²) in [6, 6.07) is 8.97. The average Bonchev–Trinajstić information content (AvgIpc) is 2.28. The summed E-state index contributed by atoms with van der Waals surface area (Å²) < 4.78 is 5.35. The summed E-state index contributed by atoms with van der Waals surface area (Å²) in [4.78, 5) is 0. The topological polar surface area (TPSA) is 9.23 Å². The standard InChI is InChI=1S/C15H24O/c1-4-16-12-11-15-9-7-14(8-10-15)6-5-13(2)3/h7-10,13H,4-6,11-12H2,1-3H3. The average molecular weight is 220 g/mol. The maximum absolute atomic E-state index is 5.35. The molecule has 16 heavy (non-hydrogen) atoms. The Morgan fingerprint density at radius 2 is 1.56 bits per heavy atom. The molecule has 0 radical (unpaired) electrons. The van der Waals surface area contributed by atoms with Gasteiger partial charge in [-0.3, -0.25) is 0 Å². The van der Waals surface area contributed by atoms with E-state index in [0.29, 0.717) is 0 Å². The number of aryl methyl sites for hydroxylation is 1. The Morgan fingerprint density at radius 3 is 2.06 bits per heavy atom. The summed E-state index contributed by atoms with van der Waals surface area (Å²) in [5, 5.41) is 0. The molecule has 0 amide bonds. The van der Waals surface area contributed by atoms with Crippen LogP contribution in [0.2, 0.25) is 0 Å². The number of ether oxygens (including phenoxy) is 1. The van der Waals surface area contributed by atoms with Crippen LogP contribution >= 0.6 is 0 Å². The Morgan fingerprint density at radius 1 is 1.00 bits per heavy atom. The van der Waals surface area contributed by atoms with E-state index in [1.165, 1.54) is 24.0 Å². The normalized spacial score (nSPS) is 11.0. The minimum atomic E-state index is 0.789. The monoisotopic (exact) mass is 220 g/mol. The van der Waals surface area contributed by atoms with Crippen molar-refractivity contribution in [3.05, 3.63) is 35.4 Å². The van der Waals surface area contributed by atoms with E-state index in [9.17, 15) is 0 Å². The summed E-state index contributed by atoms with van der Waals surface area (Å²) >= 11 is 0. The van der Waals surface area contributed by atoms with Crippen molar-refractivity contribution in [1.82, 2.24) is 0 Å². The molecule has 1 heteroatoms. The van der Waals surface area contributed by atoms with Gasteiger partial charge in [0.25, 0.3) is 0 Å². The van der Waals surface area contributed by atoms with Gasteiger partial charge < -0.3 is 4.74 Å². The van der Waals surface area contributed by atoms with Crippen LogP contribution < -0.4 is 0 Å². The van der Waals surface area contributed by atoms with Crippen molar-refractivity contribution >= 4 is 0 Å². The molecule has 1 nitrogen and oxygen atoms in total. The molecule has 0 fully saturated rings. The first kappa shape index (κ1) is 13.2. The smallest absolute Gasteiger partial charge is 0.0506 e. The maximum atomic E-state index is 5.35. The highest BCUT2D eigenvalue weighted by atomic mass is 16.5. The van der Waals surface area contributed by atoms with Crippen molar-refractivity contribution in [3.63, 3.8) is 0 Å². The summed E-state index contributed by atoms with van der Waals surface area (Å²) in [5.74, 6) is 0.789. The molecule has 0 atom stereocenters. The molecule has 0 spiro atoms. The molecule has 0 aliphatic rings. The van der Waals surface area contributed by atoms with E-state index in [1.54, 1.807) is 0 Å². The number of hydrogen-bond acceptors (Lipinski definition) is 1.